The van der Waals surface area contributed by atoms with Crippen LogP contribution in [0.4, 0.5) is 13.6 Å². The Morgan fingerprint density at radius 1 is 1.35 bits per heavy atom. The Kier molecular flexibility index (Phi) is 3.52. The van der Waals surface area contributed by atoms with E-state index in [-0.39, 0.29) is 5.56 Å². The van der Waals surface area contributed by atoms with Crippen LogP contribution in [0.25, 0.3) is 0 Å². The van der Waals surface area contributed by atoms with Crippen molar-refractivity contribution >= 4 is 18.2 Å². The molecule has 0 aromatic heterocycles. The number of hydrazone groups is 1. The maximum atomic E-state index is 13.0. The first-order valence-electron chi connectivity index (χ1n) is 6.03. The molecule has 106 valence electrons. The van der Waals surface area contributed by atoms with E-state index in [4.69, 9.17) is 0 Å². The molecule has 1 atom stereocenters. The molecule has 2 rings (SSSR count). The molecule has 0 radical (unpaired) electrons. The van der Waals surface area contributed by atoms with Gasteiger partial charge >= 0.3 is 6.03 Å². The maximum Gasteiger partial charge on any atom is 0.346 e. The van der Waals surface area contributed by atoms with Gasteiger partial charge in [0.25, 0.3) is 5.91 Å². The molecular weight excluding hydrogens is 268 g/mol. The van der Waals surface area contributed by atoms with Crippen molar-refractivity contribution in [3.8, 4) is 0 Å². The minimum Gasteiger partial charge on any atom is -0.322 e. The maximum absolute atomic E-state index is 13.0. The van der Waals surface area contributed by atoms with Gasteiger partial charge in [0, 0.05) is 0 Å². The van der Waals surface area contributed by atoms with Gasteiger partial charge in [-0.1, -0.05) is 13.0 Å². The topological polar surface area (TPSA) is 61.8 Å². The summed E-state index contributed by atoms with van der Waals surface area (Å²) in [7, 11) is 0. The predicted octanol–water partition coefficient (Wildman–Crippen LogP) is 2.02. The largest absolute Gasteiger partial charge is 0.346 e. The smallest absolute Gasteiger partial charge is 0.322 e. The average Bonchev–Trinajstić information content (AvgIpc) is 2.63. The number of hydrogen-bond donors (Lipinski definition) is 1. The van der Waals surface area contributed by atoms with Crippen LogP contribution in [0.15, 0.2) is 23.3 Å². The highest BCUT2D eigenvalue weighted by atomic mass is 19.2. The number of imide groups is 1. The number of halogens is 2. The second kappa shape index (κ2) is 4.99. The third-order valence-corrected chi connectivity index (χ3v) is 3.21. The average molecular weight is 281 g/mol. The molecule has 1 N–H and O–H groups in total. The fourth-order valence-electron chi connectivity index (χ4n) is 1.73. The molecule has 0 bridgehead atoms. The van der Waals surface area contributed by atoms with Gasteiger partial charge in [0.2, 0.25) is 0 Å². The Bertz CT molecular complexity index is 603. The van der Waals surface area contributed by atoms with Crippen LogP contribution in [0.2, 0.25) is 0 Å². The molecule has 1 aliphatic heterocycles. The molecule has 0 aliphatic carbocycles. The van der Waals surface area contributed by atoms with Crippen LogP contribution in [0.3, 0.4) is 0 Å². The zero-order valence-electron chi connectivity index (χ0n) is 11.0. The number of amides is 3. The van der Waals surface area contributed by atoms with Crippen molar-refractivity contribution < 1.29 is 18.4 Å². The summed E-state index contributed by atoms with van der Waals surface area (Å²) in [5.41, 5.74) is -0.739. The first kappa shape index (κ1) is 14.1. The second-order valence-corrected chi connectivity index (χ2v) is 4.65. The molecule has 1 saturated heterocycles. The van der Waals surface area contributed by atoms with E-state index in [1.165, 1.54) is 6.07 Å². The lowest BCUT2D eigenvalue weighted by molar-refractivity contribution is -0.130. The number of nitrogens with zero attached hydrogens (tertiary/aromatic N) is 2. The number of carbonyl (C=O) groups is 2. The molecule has 3 amide bonds. The molecule has 1 aromatic carbocycles. The van der Waals surface area contributed by atoms with Crippen molar-refractivity contribution in [2.24, 2.45) is 5.10 Å². The van der Waals surface area contributed by atoms with Gasteiger partial charge in [0.15, 0.2) is 11.6 Å². The summed E-state index contributed by atoms with van der Waals surface area (Å²) in [6.07, 6.45) is 1.55. The zero-order valence-corrected chi connectivity index (χ0v) is 11.0. The van der Waals surface area contributed by atoms with Crippen LogP contribution in [0.5, 0.6) is 0 Å². The number of nitrogens with one attached hydrogen (secondary N) is 1. The van der Waals surface area contributed by atoms with Gasteiger partial charge < -0.3 is 5.32 Å². The summed E-state index contributed by atoms with van der Waals surface area (Å²) >= 11 is 0. The predicted molar refractivity (Wildman–Crippen MR) is 68.0 cm³/mol. The Morgan fingerprint density at radius 2 is 2.05 bits per heavy atom. The van der Waals surface area contributed by atoms with Crippen molar-refractivity contribution in [3.05, 3.63) is 35.4 Å². The lowest BCUT2D eigenvalue weighted by Crippen LogP contribution is -2.42. The zero-order chi connectivity index (χ0) is 14.9. The van der Waals surface area contributed by atoms with Crippen molar-refractivity contribution in [1.82, 2.24) is 10.3 Å². The lowest BCUT2D eigenvalue weighted by Gasteiger charge is -2.17. The third-order valence-electron chi connectivity index (χ3n) is 3.21. The number of carbonyl (C=O) groups excluding carboxylic acids is 2. The highest BCUT2D eigenvalue weighted by molar-refractivity contribution is 6.07. The van der Waals surface area contributed by atoms with Crippen LogP contribution >= 0.6 is 0 Å². The van der Waals surface area contributed by atoms with Gasteiger partial charge in [0.1, 0.15) is 5.54 Å². The number of benzene rings is 1. The quantitative estimate of drug-likeness (QED) is 0.680. The first-order valence-corrected chi connectivity index (χ1v) is 6.03. The van der Waals surface area contributed by atoms with E-state index in [2.05, 4.69) is 10.4 Å². The summed E-state index contributed by atoms with van der Waals surface area (Å²) in [5, 5.41) is 6.94. The molecule has 1 fully saturated rings. The highest BCUT2D eigenvalue weighted by Gasteiger charge is 2.46. The minimum absolute atomic E-state index is 0.245. The lowest BCUT2D eigenvalue weighted by atomic mass is 10.00. The molecule has 20 heavy (non-hydrogen) atoms. The Labute approximate surface area is 114 Å². The van der Waals surface area contributed by atoms with E-state index in [1.807, 2.05) is 0 Å². The van der Waals surface area contributed by atoms with Crippen molar-refractivity contribution in [1.29, 1.82) is 0 Å². The van der Waals surface area contributed by atoms with Crippen molar-refractivity contribution in [2.75, 3.05) is 0 Å². The van der Waals surface area contributed by atoms with Gasteiger partial charge in [-0.3, -0.25) is 4.79 Å². The standard InChI is InChI=1S/C13H13F2N3O2/c1-3-13(2)11(19)18(12(20)17-13)16-7-8-4-5-9(14)10(15)6-8/h4-7H,3H2,1-2H3,(H,17,20)/b16-7-/t13-/m1/s1. The van der Waals surface area contributed by atoms with E-state index >= 15 is 0 Å². The molecule has 0 spiro atoms. The van der Waals surface area contributed by atoms with Crippen LogP contribution in [-0.2, 0) is 4.79 Å². The van der Waals surface area contributed by atoms with Gasteiger partial charge in [-0.05, 0) is 31.0 Å². The fraction of sp³-hybridized carbons (Fsp3) is 0.308. The number of hydrogen-bond acceptors (Lipinski definition) is 3. The van der Waals surface area contributed by atoms with Crippen LogP contribution < -0.4 is 5.32 Å². The molecule has 1 aliphatic rings. The molecule has 7 heteroatoms. The third kappa shape index (κ3) is 2.38. The summed E-state index contributed by atoms with van der Waals surface area (Å²) in [5.74, 6) is -2.48. The van der Waals surface area contributed by atoms with Crippen LogP contribution in [0, 0.1) is 11.6 Å². The van der Waals surface area contributed by atoms with Gasteiger partial charge in [-0.25, -0.2) is 13.6 Å². The summed E-state index contributed by atoms with van der Waals surface area (Å²) in [6, 6.07) is 2.52. The fourth-order valence-corrected chi connectivity index (χ4v) is 1.73. The monoisotopic (exact) mass is 281 g/mol. The van der Waals surface area contributed by atoms with Crippen LogP contribution in [0.1, 0.15) is 25.8 Å². The molecule has 1 aromatic rings. The molecule has 1 heterocycles. The minimum atomic E-state index is -1.02. The normalized spacial score (nSPS) is 22.7. The second-order valence-electron chi connectivity index (χ2n) is 4.65. The number of urea groups is 1. The molecular formula is C13H13F2N3O2. The molecule has 0 saturated carbocycles. The van der Waals surface area contributed by atoms with Gasteiger partial charge in [-0.2, -0.15) is 5.10 Å². The van der Waals surface area contributed by atoms with Crippen molar-refractivity contribution in [3.63, 3.8) is 0 Å². The van der Waals surface area contributed by atoms with Crippen LogP contribution in [-0.4, -0.2) is 28.7 Å². The first-order chi connectivity index (χ1) is 9.37. The highest BCUT2D eigenvalue weighted by Crippen LogP contribution is 2.20. The summed E-state index contributed by atoms with van der Waals surface area (Å²) in [4.78, 5) is 23.7. The van der Waals surface area contributed by atoms with E-state index < -0.39 is 29.1 Å². The molecule has 5 nitrogen and oxygen atoms in total. The Balaban J connectivity index is 2.21. The van der Waals surface area contributed by atoms with E-state index in [0.717, 1.165) is 18.3 Å². The van der Waals surface area contributed by atoms with E-state index in [0.29, 0.717) is 11.4 Å². The SMILES string of the molecule is CC[C@@]1(C)NC(=O)N(/N=C\c2ccc(F)c(F)c2)C1=O. The van der Waals surface area contributed by atoms with E-state index in [1.54, 1.807) is 13.8 Å². The Morgan fingerprint density at radius 3 is 2.60 bits per heavy atom. The van der Waals surface area contributed by atoms with Crippen molar-refractivity contribution in [2.45, 2.75) is 25.8 Å². The summed E-state index contributed by atoms with van der Waals surface area (Å²) < 4.78 is 25.8. The van der Waals surface area contributed by atoms with E-state index in [9.17, 15) is 18.4 Å². The molecule has 0 unspecified atom stereocenters. The number of rotatable bonds is 3. The van der Waals surface area contributed by atoms with Gasteiger partial charge in [-0.15, -0.1) is 5.01 Å². The summed E-state index contributed by atoms with van der Waals surface area (Å²) in [6.45, 7) is 3.36. The Hall–Kier alpha value is -2.31. The van der Waals surface area contributed by atoms with Gasteiger partial charge in [0.05, 0.1) is 6.21 Å².